The Morgan fingerprint density at radius 2 is 2.26 bits per heavy atom. The van der Waals surface area contributed by atoms with E-state index >= 15 is 0 Å². The van der Waals surface area contributed by atoms with Crippen molar-refractivity contribution in [1.29, 1.82) is 0 Å². The number of amides is 2. The van der Waals surface area contributed by atoms with Gasteiger partial charge in [-0.2, -0.15) is 5.10 Å². The van der Waals surface area contributed by atoms with Gasteiger partial charge in [-0.05, 0) is 12.1 Å². The molecular formula is C12H12FN3O3. The van der Waals surface area contributed by atoms with Gasteiger partial charge in [0.15, 0.2) is 11.6 Å². The maximum Gasteiger partial charge on any atom is 0.271 e. The number of nitrogens with zero attached hydrogens (tertiary/aromatic N) is 1. The molecule has 1 aliphatic heterocycles. The zero-order valence-electron chi connectivity index (χ0n) is 10.2. The number of halogens is 1. The third-order valence-corrected chi connectivity index (χ3v) is 2.58. The normalized spacial score (nSPS) is 14.4. The van der Waals surface area contributed by atoms with Gasteiger partial charge in [0.1, 0.15) is 5.71 Å². The third-order valence-electron chi connectivity index (χ3n) is 2.58. The average molecular weight is 265 g/mol. The predicted molar refractivity (Wildman–Crippen MR) is 66.4 cm³/mol. The minimum atomic E-state index is -0.570. The van der Waals surface area contributed by atoms with Gasteiger partial charge in [0, 0.05) is 24.6 Å². The van der Waals surface area contributed by atoms with Crippen molar-refractivity contribution in [1.82, 2.24) is 5.43 Å². The first kappa shape index (κ1) is 13.0. The molecular weight excluding hydrogens is 253 g/mol. The lowest BCUT2D eigenvalue weighted by Crippen LogP contribution is -2.32. The summed E-state index contributed by atoms with van der Waals surface area (Å²) in [6.45, 7) is 0. The van der Waals surface area contributed by atoms with Crippen molar-refractivity contribution >= 4 is 23.2 Å². The highest BCUT2D eigenvalue weighted by atomic mass is 19.1. The standard InChI is InChI=1S/C12H12FN3O3/c1-19-10-4-2-7(6-8(10)13)14-12(18)9-3-5-11(17)16-15-9/h2,4,6H,3,5H2,1H3,(H,14,18)(H,16,17). The van der Waals surface area contributed by atoms with Crippen molar-refractivity contribution in [3.63, 3.8) is 0 Å². The lowest BCUT2D eigenvalue weighted by Gasteiger charge is -2.12. The quantitative estimate of drug-likeness (QED) is 0.856. The second kappa shape index (κ2) is 5.47. The molecule has 0 radical (unpaired) electrons. The van der Waals surface area contributed by atoms with E-state index in [1.807, 2.05) is 0 Å². The molecule has 0 aromatic heterocycles. The van der Waals surface area contributed by atoms with Gasteiger partial charge in [-0.25, -0.2) is 9.82 Å². The summed E-state index contributed by atoms with van der Waals surface area (Å²) in [5.74, 6) is -1.17. The molecule has 7 heteroatoms. The highest BCUT2D eigenvalue weighted by molar-refractivity contribution is 6.43. The van der Waals surface area contributed by atoms with Gasteiger partial charge < -0.3 is 10.1 Å². The molecule has 0 atom stereocenters. The van der Waals surface area contributed by atoms with E-state index in [4.69, 9.17) is 4.74 Å². The van der Waals surface area contributed by atoms with Crippen molar-refractivity contribution in [3.05, 3.63) is 24.0 Å². The van der Waals surface area contributed by atoms with Crippen LogP contribution in [0.25, 0.3) is 0 Å². The summed E-state index contributed by atoms with van der Waals surface area (Å²) in [5, 5.41) is 6.15. The maximum absolute atomic E-state index is 13.4. The Hall–Kier alpha value is -2.44. The van der Waals surface area contributed by atoms with Crippen LogP contribution < -0.4 is 15.5 Å². The molecule has 6 nitrogen and oxygen atoms in total. The van der Waals surface area contributed by atoms with E-state index in [-0.39, 0.29) is 30.2 Å². The first-order valence-corrected chi connectivity index (χ1v) is 5.60. The van der Waals surface area contributed by atoms with Crippen LogP contribution in [0.3, 0.4) is 0 Å². The second-order valence-corrected chi connectivity index (χ2v) is 3.90. The van der Waals surface area contributed by atoms with Gasteiger partial charge in [0.25, 0.3) is 5.91 Å². The summed E-state index contributed by atoms with van der Waals surface area (Å²) in [6.07, 6.45) is 0.472. The molecule has 1 aliphatic rings. The Balaban J connectivity index is 2.07. The summed E-state index contributed by atoms with van der Waals surface area (Å²) in [5.41, 5.74) is 2.72. The smallest absolute Gasteiger partial charge is 0.271 e. The summed E-state index contributed by atoms with van der Waals surface area (Å²) in [4.78, 5) is 22.7. The number of carbonyl (C=O) groups excluding carboxylic acids is 2. The number of benzene rings is 1. The monoisotopic (exact) mass is 265 g/mol. The Kier molecular flexibility index (Phi) is 3.74. The van der Waals surface area contributed by atoms with E-state index in [1.165, 1.54) is 19.2 Å². The van der Waals surface area contributed by atoms with E-state index in [0.717, 1.165) is 6.07 Å². The zero-order chi connectivity index (χ0) is 13.8. The molecule has 0 bridgehead atoms. The summed E-state index contributed by atoms with van der Waals surface area (Å²) < 4.78 is 18.2. The molecule has 1 heterocycles. The van der Waals surface area contributed by atoms with Crippen molar-refractivity contribution < 1.29 is 18.7 Å². The van der Waals surface area contributed by atoms with E-state index in [1.54, 1.807) is 0 Å². The summed E-state index contributed by atoms with van der Waals surface area (Å²) >= 11 is 0. The Bertz CT molecular complexity index is 557. The van der Waals surface area contributed by atoms with Gasteiger partial charge >= 0.3 is 0 Å². The lowest BCUT2D eigenvalue weighted by atomic mass is 10.1. The van der Waals surface area contributed by atoms with Crippen LogP contribution in [0.2, 0.25) is 0 Å². The Labute approximate surface area is 108 Å². The number of methoxy groups -OCH3 is 1. The fourth-order valence-corrected chi connectivity index (χ4v) is 1.59. The Morgan fingerprint density at radius 1 is 1.47 bits per heavy atom. The third kappa shape index (κ3) is 3.06. The molecule has 0 unspecified atom stereocenters. The minimum absolute atomic E-state index is 0.0975. The van der Waals surface area contributed by atoms with Crippen molar-refractivity contribution in [2.45, 2.75) is 12.8 Å². The fraction of sp³-hybridized carbons (Fsp3) is 0.250. The molecule has 1 aromatic carbocycles. The largest absolute Gasteiger partial charge is 0.494 e. The number of hydrogen-bond donors (Lipinski definition) is 2. The molecule has 2 rings (SSSR count). The number of hydrogen-bond acceptors (Lipinski definition) is 4. The van der Waals surface area contributed by atoms with Crippen molar-refractivity contribution in [2.24, 2.45) is 5.10 Å². The topological polar surface area (TPSA) is 79.8 Å². The maximum atomic E-state index is 13.4. The van der Waals surface area contributed by atoms with Crippen molar-refractivity contribution in [2.75, 3.05) is 12.4 Å². The number of anilines is 1. The minimum Gasteiger partial charge on any atom is -0.494 e. The molecule has 0 spiro atoms. The molecule has 19 heavy (non-hydrogen) atoms. The molecule has 0 aliphatic carbocycles. The average Bonchev–Trinajstić information content (AvgIpc) is 2.39. The molecule has 2 N–H and O–H groups in total. The predicted octanol–water partition coefficient (Wildman–Crippen LogP) is 1.04. The van der Waals surface area contributed by atoms with Gasteiger partial charge in [0.2, 0.25) is 5.91 Å². The van der Waals surface area contributed by atoms with E-state index in [2.05, 4.69) is 15.8 Å². The number of hydrazone groups is 1. The van der Waals surface area contributed by atoms with E-state index in [0.29, 0.717) is 5.69 Å². The van der Waals surface area contributed by atoms with Crippen LogP contribution >= 0.6 is 0 Å². The van der Waals surface area contributed by atoms with E-state index in [9.17, 15) is 14.0 Å². The first-order valence-electron chi connectivity index (χ1n) is 5.60. The van der Waals surface area contributed by atoms with Crippen LogP contribution in [0.5, 0.6) is 5.75 Å². The number of rotatable bonds is 3. The Morgan fingerprint density at radius 3 is 2.84 bits per heavy atom. The SMILES string of the molecule is COc1ccc(NC(=O)C2=NNC(=O)CC2)cc1F. The van der Waals surface area contributed by atoms with Gasteiger partial charge in [-0.15, -0.1) is 0 Å². The summed E-state index contributed by atoms with van der Waals surface area (Å²) in [6, 6.07) is 4.08. The van der Waals surface area contributed by atoms with Crippen molar-refractivity contribution in [3.8, 4) is 5.75 Å². The highest BCUT2D eigenvalue weighted by Crippen LogP contribution is 2.20. The van der Waals surface area contributed by atoms with Gasteiger partial charge in [-0.1, -0.05) is 0 Å². The van der Waals surface area contributed by atoms with E-state index < -0.39 is 11.7 Å². The van der Waals surface area contributed by atoms with Crippen LogP contribution in [0.4, 0.5) is 10.1 Å². The van der Waals surface area contributed by atoms with Gasteiger partial charge in [-0.3, -0.25) is 9.59 Å². The second-order valence-electron chi connectivity index (χ2n) is 3.90. The highest BCUT2D eigenvalue weighted by Gasteiger charge is 2.18. The number of carbonyl (C=O) groups is 2. The van der Waals surface area contributed by atoms with Gasteiger partial charge in [0.05, 0.1) is 7.11 Å². The molecule has 0 saturated heterocycles. The molecule has 0 fully saturated rings. The fourth-order valence-electron chi connectivity index (χ4n) is 1.59. The van der Waals surface area contributed by atoms with Crippen LogP contribution in [0, 0.1) is 5.82 Å². The molecule has 2 amide bonds. The summed E-state index contributed by atoms with van der Waals surface area (Å²) in [7, 11) is 1.36. The van der Waals surface area contributed by atoms with Crippen LogP contribution in [0.1, 0.15) is 12.8 Å². The lowest BCUT2D eigenvalue weighted by molar-refractivity contribution is -0.121. The first-order chi connectivity index (χ1) is 9.10. The number of nitrogens with one attached hydrogen (secondary N) is 2. The molecule has 100 valence electrons. The number of ether oxygens (including phenoxy) is 1. The molecule has 0 saturated carbocycles. The van der Waals surface area contributed by atoms with Crippen LogP contribution in [-0.2, 0) is 9.59 Å². The zero-order valence-corrected chi connectivity index (χ0v) is 10.2. The van der Waals surface area contributed by atoms with Crippen LogP contribution in [0.15, 0.2) is 23.3 Å². The molecule has 1 aromatic rings. The van der Waals surface area contributed by atoms with Crippen LogP contribution in [-0.4, -0.2) is 24.6 Å².